The third-order valence-corrected chi connectivity index (χ3v) is 3.92. The minimum Gasteiger partial charge on any atom is -0.323 e. The van der Waals surface area contributed by atoms with E-state index in [-0.39, 0.29) is 0 Å². The lowest BCUT2D eigenvalue weighted by Gasteiger charge is -2.07. The summed E-state index contributed by atoms with van der Waals surface area (Å²) in [6.07, 6.45) is 3.54. The molecule has 0 atom stereocenters. The zero-order valence-electron chi connectivity index (χ0n) is 12.4. The summed E-state index contributed by atoms with van der Waals surface area (Å²) >= 11 is 6.42. The molecule has 0 saturated carbocycles. The van der Waals surface area contributed by atoms with Crippen LogP contribution in [0.2, 0.25) is 5.02 Å². The van der Waals surface area contributed by atoms with E-state index in [1.54, 1.807) is 15.6 Å². The Labute approximate surface area is 136 Å². The number of anilines is 2. The third-order valence-electron chi connectivity index (χ3n) is 3.51. The van der Waals surface area contributed by atoms with E-state index in [0.717, 1.165) is 16.6 Å². The zero-order chi connectivity index (χ0) is 16.0. The number of H-pyrrole nitrogens is 1. The van der Waals surface area contributed by atoms with Gasteiger partial charge in [0.1, 0.15) is 5.69 Å². The second-order valence-corrected chi connectivity index (χ2v) is 5.52. The van der Waals surface area contributed by atoms with E-state index in [9.17, 15) is 0 Å². The molecule has 4 aromatic rings. The van der Waals surface area contributed by atoms with E-state index >= 15 is 0 Å². The van der Waals surface area contributed by atoms with Crippen LogP contribution >= 0.6 is 11.6 Å². The van der Waals surface area contributed by atoms with Gasteiger partial charge in [0.15, 0.2) is 0 Å². The van der Waals surface area contributed by atoms with Gasteiger partial charge >= 0.3 is 0 Å². The number of aryl methyl sites for hydroxylation is 2. The van der Waals surface area contributed by atoms with E-state index in [1.165, 1.54) is 0 Å². The maximum absolute atomic E-state index is 6.42. The number of nitrogens with zero attached hydrogens (tertiary/aromatic N) is 6. The standard InChI is InChI=1S/C14H13ClN8/c1-22-6-5-11(20-22)13-18-14(23(2)21-13)17-10-4-3-9-8(12(10)15)7-16-19-9/h3-7H,1-2H3,(H,16,19)(H,17,18,21). The first-order valence-corrected chi connectivity index (χ1v) is 7.29. The van der Waals surface area contributed by atoms with Gasteiger partial charge < -0.3 is 5.32 Å². The van der Waals surface area contributed by atoms with Crippen molar-refractivity contribution >= 4 is 34.1 Å². The molecular formula is C14H13ClN8. The largest absolute Gasteiger partial charge is 0.323 e. The number of hydrogen-bond donors (Lipinski definition) is 2. The minimum absolute atomic E-state index is 0.552. The molecule has 8 nitrogen and oxygen atoms in total. The Hall–Kier alpha value is -2.87. The first-order chi connectivity index (χ1) is 11.1. The smallest absolute Gasteiger partial charge is 0.226 e. The van der Waals surface area contributed by atoms with Gasteiger partial charge in [0.05, 0.1) is 22.4 Å². The van der Waals surface area contributed by atoms with Gasteiger partial charge in [0.2, 0.25) is 11.8 Å². The lowest BCUT2D eigenvalue weighted by molar-refractivity contribution is 0.759. The molecule has 3 heterocycles. The van der Waals surface area contributed by atoms with Gasteiger partial charge in [0.25, 0.3) is 0 Å². The van der Waals surface area contributed by atoms with Crippen LogP contribution in [0.1, 0.15) is 0 Å². The molecule has 0 saturated heterocycles. The molecular weight excluding hydrogens is 316 g/mol. The minimum atomic E-state index is 0.552. The van der Waals surface area contributed by atoms with E-state index in [1.807, 2.05) is 38.5 Å². The first-order valence-electron chi connectivity index (χ1n) is 6.91. The molecule has 116 valence electrons. The number of fused-ring (bicyclic) bond motifs is 1. The van der Waals surface area contributed by atoms with Crippen molar-refractivity contribution in [2.45, 2.75) is 0 Å². The summed E-state index contributed by atoms with van der Waals surface area (Å²) in [6, 6.07) is 5.65. The molecule has 0 fully saturated rings. The topological polar surface area (TPSA) is 89.2 Å². The summed E-state index contributed by atoms with van der Waals surface area (Å²) < 4.78 is 3.36. The number of halogens is 1. The number of hydrogen-bond acceptors (Lipinski definition) is 5. The Bertz CT molecular complexity index is 995. The molecule has 0 aliphatic carbocycles. The van der Waals surface area contributed by atoms with Crippen LogP contribution in [0.3, 0.4) is 0 Å². The van der Waals surface area contributed by atoms with Gasteiger partial charge in [-0.2, -0.15) is 15.2 Å². The molecule has 0 unspecified atom stereocenters. The average Bonchev–Trinajstić information content (AvgIpc) is 3.23. The maximum atomic E-state index is 6.42. The molecule has 3 aromatic heterocycles. The highest BCUT2D eigenvalue weighted by Crippen LogP contribution is 2.31. The molecule has 0 bridgehead atoms. The molecule has 0 aliphatic heterocycles. The van der Waals surface area contributed by atoms with Crippen molar-refractivity contribution in [3.8, 4) is 11.5 Å². The number of nitrogens with one attached hydrogen (secondary N) is 2. The predicted octanol–water partition coefficient (Wildman–Crippen LogP) is 2.49. The quantitative estimate of drug-likeness (QED) is 0.603. The molecule has 9 heteroatoms. The van der Waals surface area contributed by atoms with Crippen molar-refractivity contribution in [3.05, 3.63) is 35.6 Å². The highest BCUT2D eigenvalue weighted by molar-refractivity contribution is 6.38. The van der Waals surface area contributed by atoms with Crippen molar-refractivity contribution in [2.24, 2.45) is 14.1 Å². The van der Waals surface area contributed by atoms with Crippen molar-refractivity contribution < 1.29 is 0 Å². The van der Waals surface area contributed by atoms with Crippen LogP contribution in [-0.2, 0) is 14.1 Å². The van der Waals surface area contributed by atoms with E-state index in [4.69, 9.17) is 11.6 Å². The molecule has 0 aliphatic rings. The van der Waals surface area contributed by atoms with Crippen LogP contribution in [0.5, 0.6) is 0 Å². The van der Waals surface area contributed by atoms with Gasteiger partial charge in [-0.1, -0.05) is 11.6 Å². The van der Waals surface area contributed by atoms with Crippen LogP contribution in [0, 0.1) is 0 Å². The summed E-state index contributed by atoms with van der Waals surface area (Å²) in [7, 11) is 3.66. The van der Waals surface area contributed by atoms with Gasteiger partial charge in [0, 0.05) is 25.7 Å². The highest BCUT2D eigenvalue weighted by atomic mass is 35.5. The molecule has 23 heavy (non-hydrogen) atoms. The highest BCUT2D eigenvalue weighted by Gasteiger charge is 2.14. The molecule has 0 radical (unpaired) electrons. The Morgan fingerprint density at radius 1 is 1.17 bits per heavy atom. The molecule has 2 N–H and O–H groups in total. The number of aromatic nitrogens is 7. The summed E-state index contributed by atoms with van der Waals surface area (Å²) in [4.78, 5) is 4.48. The fourth-order valence-corrected chi connectivity index (χ4v) is 2.60. The third kappa shape index (κ3) is 2.33. The monoisotopic (exact) mass is 328 g/mol. The predicted molar refractivity (Wildman–Crippen MR) is 87.6 cm³/mol. The molecule has 0 amide bonds. The summed E-state index contributed by atoms with van der Waals surface area (Å²) in [6.45, 7) is 0. The first kappa shape index (κ1) is 13.8. The van der Waals surface area contributed by atoms with Crippen LogP contribution in [-0.4, -0.2) is 34.7 Å². The molecule has 4 rings (SSSR count). The maximum Gasteiger partial charge on any atom is 0.226 e. The van der Waals surface area contributed by atoms with Gasteiger partial charge in [-0.3, -0.25) is 9.78 Å². The summed E-state index contributed by atoms with van der Waals surface area (Å²) in [5.74, 6) is 1.13. The Kier molecular flexibility index (Phi) is 3.05. The van der Waals surface area contributed by atoms with Crippen molar-refractivity contribution in [1.82, 2.24) is 34.7 Å². The summed E-state index contributed by atoms with van der Waals surface area (Å²) in [5.41, 5.74) is 2.34. The Balaban J connectivity index is 1.70. The second-order valence-electron chi connectivity index (χ2n) is 5.14. The van der Waals surface area contributed by atoms with Gasteiger partial charge in [-0.05, 0) is 18.2 Å². The van der Waals surface area contributed by atoms with Gasteiger partial charge in [-0.15, -0.1) is 5.10 Å². The fourth-order valence-electron chi connectivity index (χ4n) is 2.34. The normalized spacial score (nSPS) is 11.3. The van der Waals surface area contributed by atoms with Crippen molar-refractivity contribution in [2.75, 3.05) is 5.32 Å². The SMILES string of the molecule is Cn1ccc(-c2nc(Nc3ccc4[nH]ncc4c3Cl)n(C)n2)n1. The molecule has 0 spiro atoms. The number of rotatable bonds is 3. The van der Waals surface area contributed by atoms with Crippen molar-refractivity contribution in [3.63, 3.8) is 0 Å². The lowest BCUT2D eigenvalue weighted by Crippen LogP contribution is -2.00. The van der Waals surface area contributed by atoms with Gasteiger partial charge in [-0.25, -0.2) is 4.68 Å². The second kappa shape index (κ2) is 5.10. The summed E-state index contributed by atoms with van der Waals surface area (Å²) in [5, 5.41) is 20.2. The van der Waals surface area contributed by atoms with Crippen molar-refractivity contribution in [1.29, 1.82) is 0 Å². The average molecular weight is 329 g/mol. The Morgan fingerprint density at radius 2 is 2.04 bits per heavy atom. The van der Waals surface area contributed by atoms with E-state index in [0.29, 0.717) is 22.5 Å². The Morgan fingerprint density at radius 3 is 2.83 bits per heavy atom. The van der Waals surface area contributed by atoms with E-state index < -0.39 is 0 Å². The lowest BCUT2D eigenvalue weighted by atomic mass is 10.2. The number of aromatic amines is 1. The molecule has 1 aromatic carbocycles. The van der Waals surface area contributed by atoms with Crippen LogP contribution in [0.25, 0.3) is 22.4 Å². The van der Waals surface area contributed by atoms with Crippen LogP contribution in [0.4, 0.5) is 11.6 Å². The van der Waals surface area contributed by atoms with E-state index in [2.05, 4.69) is 30.7 Å². The van der Waals surface area contributed by atoms with Crippen LogP contribution < -0.4 is 5.32 Å². The fraction of sp³-hybridized carbons (Fsp3) is 0.143. The zero-order valence-corrected chi connectivity index (χ0v) is 13.2. The van der Waals surface area contributed by atoms with Crippen LogP contribution in [0.15, 0.2) is 30.6 Å². The number of benzene rings is 1.